The second-order valence-corrected chi connectivity index (χ2v) is 7.21. The molecule has 2 atom stereocenters. The highest BCUT2D eigenvalue weighted by molar-refractivity contribution is 5.90. The molecule has 3 heterocycles. The molecule has 1 aliphatic heterocycles. The number of carbonyl (C=O) groups is 1. The number of nitrogens with zero attached hydrogens (tertiary/aromatic N) is 4. The molecule has 25 heavy (non-hydrogen) atoms. The molecule has 3 rings (SSSR count). The Kier molecular flexibility index (Phi) is 5.13. The zero-order valence-electron chi connectivity index (χ0n) is 15.5. The Morgan fingerprint density at radius 1 is 1.24 bits per heavy atom. The van der Waals surface area contributed by atoms with E-state index in [-0.39, 0.29) is 5.91 Å². The number of carbonyl (C=O) groups excluding carboxylic acids is 1. The lowest BCUT2D eigenvalue weighted by molar-refractivity contribution is -0.900. The van der Waals surface area contributed by atoms with Crippen molar-refractivity contribution >= 4 is 11.7 Å². The van der Waals surface area contributed by atoms with Crippen molar-refractivity contribution in [3.63, 3.8) is 0 Å². The average molecular weight is 343 g/mol. The molecular formula is C18H27N6O+. The maximum atomic E-state index is 12.5. The van der Waals surface area contributed by atoms with Crippen LogP contribution in [-0.4, -0.2) is 45.3 Å². The predicted octanol–water partition coefficient (Wildman–Crippen LogP) is 0.841. The van der Waals surface area contributed by atoms with Crippen LogP contribution in [0.3, 0.4) is 0 Å². The minimum atomic E-state index is 0.00891. The van der Waals surface area contributed by atoms with Gasteiger partial charge >= 0.3 is 0 Å². The third kappa shape index (κ3) is 4.42. The van der Waals surface area contributed by atoms with Gasteiger partial charge in [0.1, 0.15) is 5.82 Å². The summed E-state index contributed by atoms with van der Waals surface area (Å²) in [7, 11) is 0. The molecular weight excluding hydrogens is 316 g/mol. The molecule has 0 saturated carbocycles. The summed E-state index contributed by atoms with van der Waals surface area (Å²) in [4.78, 5) is 22.7. The van der Waals surface area contributed by atoms with Gasteiger partial charge in [-0.05, 0) is 39.7 Å². The number of piperidine rings is 1. The molecule has 0 aliphatic carbocycles. The van der Waals surface area contributed by atoms with E-state index in [1.54, 1.807) is 4.68 Å². The average Bonchev–Trinajstić information content (AvgIpc) is 2.86. The second kappa shape index (κ2) is 7.31. The molecule has 7 heteroatoms. The summed E-state index contributed by atoms with van der Waals surface area (Å²) >= 11 is 0. The Bertz CT molecular complexity index is 749. The molecule has 0 aromatic carbocycles. The van der Waals surface area contributed by atoms with Crippen molar-refractivity contribution in [2.75, 3.05) is 25.0 Å². The molecule has 2 N–H and O–H groups in total. The lowest BCUT2D eigenvalue weighted by Gasteiger charge is -2.27. The fourth-order valence-corrected chi connectivity index (χ4v) is 3.52. The van der Waals surface area contributed by atoms with Gasteiger partial charge in [0.2, 0.25) is 0 Å². The third-order valence-corrected chi connectivity index (χ3v) is 4.53. The van der Waals surface area contributed by atoms with Crippen molar-refractivity contribution in [2.24, 2.45) is 5.92 Å². The van der Waals surface area contributed by atoms with Gasteiger partial charge in [-0.25, -0.2) is 9.97 Å². The number of rotatable bonds is 4. The fraction of sp³-hybridized carbons (Fsp3) is 0.556. The molecule has 1 aliphatic rings. The van der Waals surface area contributed by atoms with Gasteiger partial charge in [-0.2, -0.15) is 9.78 Å². The van der Waals surface area contributed by atoms with Gasteiger partial charge in [0.05, 0.1) is 18.8 Å². The number of hydrogen-bond donors (Lipinski definition) is 2. The van der Waals surface area contributed by atoms with Crippen molar-refractivity contribution < 1.29 is 9.69 Å². The van der Waals surface area contributed by atoms with Crippen LogP contribution in [-0.2, 0) is 4.79 Å². The van der Waals surface area contributed by atoms with Crippen LogP contribution in [0.4, 0.5) is 5.82 Å². The Labute approximate surface area is 148 Å². The summed E-state index contributed by atoms with van der Waals surface area (Å²) in [5.41, 5.74) is 2.57. The van der Waals surface area contributed by atoms with Gasteiger partial charge in [0.25, 0.3) is 11.9 Å². The molecule has 2 aromatic heterocycles. The summed E-state index contributed by atoms with van der Waals surface area (Å²) < 4.78 is 1.61. The zero-order chi connectivity index (χ0) is 18.0. The van der Waals surface area contributed by atoms with E-state index < -0.39 is 0 Å². The summed E-state index contributed by atoms with van der Waals surface area (Å²) in [6, 6.07) is 3.77. The molecule has 7 nitrogen and oxygen atoms in total. The van der Waals surface area contributed by atoms with E-state index in [1.165, 1.54) is 17.7 Å². The highest BCUT2D eigenvalue weighted by atomic mass is 16.2. The SMILES string of the molecule is Cc1cc(C)nc(-n2nc(C)cc2NC(=O)C[NH+]2CCC[C@@H](C)C2)n1. The molecule has 0 radical (unpaired) electrons. The van der Waals surface area contributed by atoms with E-state index >= 15 is 0 Å². The van der Waals surface area contributed by atoms with E-state index in [9.17, 15) is 4.79 Å². The van der Waals surface area contributed by atoms with Crippen molar-refractivity contribution in [1.29, 1.82) is 0 Å². The van der Waals surface area contributed by atoms with Crippen LogP contribution < -0.4 is 10.2 Å². The maximum Gasteiger partial charge on any atom is 0.280 e. The molecule has 1 unspecified atom stereocenters. The standard InChI is InChI=1S/C18H26N6O/c1-12-6-5-7-23(10-12)11-17(25)21-16-9-15(4)22-24(16)18-19-13(2)8-14(3)20-18/h8-9,12H,5-7,10-11H2,1-4H3,(H,21,25)/p+1/t12-/m1/s1. The van der Waals surface area contributed by atoms with Crippen LogP contribution in [0, 0.1) is 26.7 Å². The van der Waals surface area contributed by atoms with Gasteiger partial charge in [-0.3, -0.25) is 4.79 Å². The molecule has 1 saturated heterocycles. The van der Waals surface area contributed by atoms with Crippen LogP contribution >= 0.6 is 0 Å². The number of likely N-dealkylation sites (tertiary alicyclic amines) is 1. The number of anilines is 1. The molecule has 2 aromatic rings. The molecule has 0 spiro atoms. The highest BCUT2D eigenvalue weighted by Crippen LogP contribution is 2.15. The first-order chi connectivity index (χ1) is 11.9. The van der Waals surface area contributed by atoms with E-state index in [1.807, 2.05) is 32.9 Å². The third-order valence-electron chi connectivity index (χ3n) is 4.53. The van der Waals surface area contributed by atoms with Gasteiger partial charge in [0.15, 0.2) is 6.54 Å². The number of amides is 1. The maximum absolute atomic E-state index is 12.5. The molecule has 0 bridgehead atoms. The first-order valence-corrected chi connectivity index (χ1v) is 8.93. The lowest BCUT2D eigenvalue weighted by Crippen LogP contribution is -3.14. The summed E-state index contributed by atoms with van der Waals surface area (Å²) in [6.07, 6.45) is 2.46. The topological polar surface area (TPSA) is 77.1 Å². The number of hydrogen-bond acceptors (Lipinski definition) is 4. The van der Waals surface area contributed by atoms with Crippen molar-refractivity contribution in [1.82, 2.24) is 19.7 Å². The van der Waals surface area contributed by atoms with Gasteiger partial charge in [-0.1, -0.05) is 6.92 Å². The molecule has 1 amide bonds. The summed E-state index contributed by atoms with van der Waals surface area (Å²) in [6.45, 7) is 10.6. The first kappa shape index (κ1) is 17.5. The van der Waals surface area contributed by atoms with Crippen LogP contribution in [0.25, 0.3) is 5.95 Å². The van der Waals surface area contributed by atoms with E-state index in [0.29, 0.717) is 24.2 Å². The fourth-order valence-electron chi connectivity index (χ4n) is 3.52. The zero-order valence-corrected chi connectivity index (χ0v) is 15.5. The predicted molar refractivity (Wildman–Crippen MR) is 96.0 cm³/mol. The van der Waals surface area contributed by atoms with Crippen LogP contribution in [0.5, 0.6) is 0 Å². The van der Waals surface area contributed by atoms with Crippen molar-refractivity contribution in [3.8, 4) is 5.95 Å². The number of aryl methyl sites for hydroxylation is 3. The highest BCUT2D eigenvalue weighted by Gasteiger charge is 2.23. The number of nitrogens with one attached hydrogen (secondary N) is 2. The first-order valence-electron chi connectivity index (χ1n) is 8.93. The largest absolute Gasteiger partial charge is 0.327 e. The monoisotopic (exact) mass is 343 g/mol. The van der Waals surface area contributed by atoms with Crippen molar-refractivity contribution in [3.05, 3.63) is 29.2 Å². The minimum absolute atomic E-state index is 0.00891. The van der Waals surface area contributed by atoms with Gasteiger partial charge in [-0.15, -0.1) is 0 Å². The second-order valence-electron chi connectivity index (χ2n) is 7.21. The number of aromatic nitrogens is 4. The van der Waals surface area contributed by atoms with Gasteiger partial charge < -0.3 is 10.2 Å². The minimum Gasteiger partial charge on any atom is -0.327 e. The van der Waals surface area contributed by atoms with E-state index in [2.05, 4.69) is 27.3 Å². The van der Waals surface area contributed by atoms with E-state index in [4.69, 9.17) is 0 Å². The van der Waals surface area contributed by atoms with E-state index in [0.717, 1.165) is 30.2 Å². The van der Waals surface area contributed by atoms with Crippen LogP contribution in [0.15, 0.2) is 12.1 Å². The molecule has 134 valence electrons. The van der Waals surface area contributed by atoms with Gasteiger partial charge in [0, 0.05) is 23.4 Å². The lowest BCUT2D eigenvalue weighted by atomic mass is 10.0. The quantitative estimate of drug-likeness (QED) is 0.862. The Hall–Kier alpha value is -2.28. The summed E-state index contributed by atoms with van der Waals surface area (Å²) in [5.74, 6) is 1.81. The Balaban J connectivity index is 1.75. The summed E-state index contributed by atoms with van der Waals surface area (Å²) in [5, 5.41) is 7.44. The normalized spacial score (nSPS) is 20.5. The smallest absolute Gasteiger partial charge is 0.280 e. The molecule has 1 fully saturated rings. The van der Waals surface area contributed by atoms with Crippen molar-refractivity contribution in [2.45, 2.75) is 40.5 Å². The number of quaternary nitrogens is 1. The Morgan fingerprint density at radius 2 is 1.96 bits per heavy atom. The van der Waals surface area contributed by atoms with Crippen LogP contribution in [0.2, 0.25) is 0 Å². The van der Waals surface area contributed by atoms with Crippen LogP contribution in [0.1, 0.15) is 36.8 Å². The Morgan fingerprint density at radius 3 is 2.64 bits per heavy atom.